The second-order valence-corrected chi connectivity index (χ2v) is 7.92. The van der Waals surface area contributed by atoms with E-state index in [2.05, 4.69) is 32.6 Å². The number of hydrogen-bond acceptors (Lipinski definition) is 4. The third kappa shape index (κ3) is 7.68. The zero-order chi connectivity index (χ0) is 18.1. The lowest BCUT2D eigenvalue weighted by molar-refractivity contribution is 0.119. The molecule has 7 heteroatoms. The average molecular weight is 494 g/mol. The second-order valence-electron chi connectivity index (χ2n) is 7.03. The molecule has 1 fully saturated rings. The number of rotatable bonds is 9. The van der Waals surface area contributed by atoms with Crippen molar-refractivity contribution in [3.63, 3.8) is 0 Å². The highest BCUT2D eigenvalue weighted by Crippen LogP contribution is 2.28. The lowest BCUT2D eigenvalue weighted by Gasteiger charge is -2.21. The molecule has 150 valence electrons. The van der Waals surface area contributed by atoms with Crippen LogP contribution in [0, 0.1) is 5.92 Å². The van der Waals surface area contributed by atoms with Gasteiger partial charge in [-0.2, -0.15) is 0 Å². The van der Waals surface area contributed by atoms with Gasteiger partial charge in [-0.1, -0.05) is 38.5 Å². The highest BCUT2D eigenvalue weighted by Gasteiger charge is 2.14. The Morgan fingerprint density at radius 1 is 1.42 bits per heavy atom. The second kappa shape index (κ2) is 12.9. The SMILES string of the molecule is CN=C(NCCCCC1CCCC1)N(C)Cc1csc(C(C)OC)n1.I. The molecule has 1 unspecified atom stereocenters. The topological polar surface area (TPSA) is 49.8 Å². The quantitative estimate of drug-likeness (QED) is 0.231. The van der Waals surface area contributed by atoms with Crippen LogP contribution in [0.4, 0.5) is 0 Å². The summed E-state index contributed by atoms with van der Waals surface area (Å²) in [6.07, 6.45) is 9.79. The molecule has 1 aliphatic carbocycles. The molecule has 1 N–H and O–H groups in total. The van der Waals surface area contributed by atoms with Gasteiger partial charge in [-0.25, -0.2) is 4.98 Å². The van der Waals surface area contributed by atoms with E-state index >= 15 is 0 Å². The zero-order valence-electron chi connectivity index (χ0n) is 16.7. The number of thiazole rings is 1. The first-order chi connectivity index (χ1) is 12.1. The van der Waals surface area contributed by atoms with Crippen molar-refractivity contribution < 1.29 is 4.74 Å². The predicted octanol–water partition coefficient (Wildman–Crippen LogP) is 4.84. The van der Waals surface area contributed by atoms with Crippen LogP contribution in [0.3, 0.4) is 0 Å². The van der Waals surface area contributed by atoms with Gasteiger partial charge in [-0.05, 0) is 19.3 Å². The lowest BCUT2D eigenvalue weighted by atomic mass is 10.0. The zero-order valence-corrected chi connectivity index (χ0v) is 19.8. The fourth-order valence-corrected chi connectivity index (χ4v) is 4.28. The van der Waals surface area contributed by atoms with Crippen LogP contribution in [0.15, 0.2) is 10.4 Å². The molecule has 26 heavy (non-hydrogen) atoms. The molecule has 1 atom stereocenters. The lowest BCUT2D eigenvalue weighted by Crippen LogP contribution is -2.39. The van der Waals surface area contributed by atoms with Crippen LogP contribution in [-0.2, 0) is 11.3 Å². The van der Waals surface area contributed by atoms with E-state index < -0.39 is 0 Å². The van der Waals surface area contributed by atoms with Crippen molar-refractivity contribution in [3.8, 4) is 0 Å². The summed E-state index contributed by atoms with van der Waals surface area (Å²) in [6, 6.07) is 0. The van der Waals surface area contributed by atoms with Crippen molar-refractivity contribution >= 4 is 41.3 Å². The fraction of sp³-hybridized carbons (Fsp3) is 0.789. The molecule has 0 spiro atoms. The normalized spacial score (nSPS) is 16.4. The van der Waals surface area contributed by atoms with Crippen molar-refractivity contribution in [3.05, 3.63) is 16.1 Å². The molecule has 0 saturated heterocycles. The van der Waals surface area contributed by atoms with E-state index in [1.54, 1.807) is 18.4 Å². The van der Waals surface area contributed by atoms with Gasteiger partial charge in [0, 0.05) is 33.1 Å². The number of ether oxygens (including phenoxy) is 1. The Kier molecular flexibility index (Phi) is 11.7. The highest BCUT2D eigenvalue weighted by atomic mass is 127. The van der Waals surface area contributed by atoms with Gasteiger partial charge in [0.05, 0.1) is 12.2 Å². The standard InChI is InChI=1S/C19H34N4OS.HI/c1-15(24-4)18-22-17(14-25-18)13-23(3)19(20-2)21-12-8-7-11-16-9-5-6-10-16;/h14-16H,5-13H2,1-4H3,(H,20,21);1H. The van der Waals surface area contributed by atoms with Gasteiger partial charge in [0.1, 0.15) is 11.1 Å². The molecule has 1 heterocycles. The number of aliphatic imine (C=N–C) groups is 1. The number of guanidine groups is 1. The van der Waals surface area contributed by atoms with E-state index in [1.165, 1.54) is 44.9 Å². The Morgan fingerprint density at radius 2 is 2.15 bits per heavy atom. The van der Waals surface area contributed by atoms with Crippen LogP contribution in [0.2, 0.25) is 0 Å². The molecular formula is C19H35IN4OS. The van der Waals surface area contributed by atoms with Gasteiger partial charge in [-0.15, -0.1) is 35.3 Å². The van der Waals surface area contributed by atoms with Gasteiger partial charge in [-0.3, -0.25) is 4.99 Å². The predicted molar refractivity (Wildman–Crippen MR) is 122 cm³/mol. The summed E-state index contributed by atoms with van der Waals surface area (Å²) in [6.45, 7) is 3.78. The molecule has 1 aromatic rings. The summed E-state index contributed by atoms with van der Waals surface area (Å²) in [5.74, 6) is 1.94. The van der Waals surface area contributed by atoms with Crippen LogP contribution >= 0.6 is 35.3 Å². The van der Waals surface area contributed by atoms with Gasteiger partial charge in [0.25, 0.3) is 0 Å². The van der Waals surface area contributed by atoms with Crippen molar-refractivity contribution in [1.82, 2.24) is 15.2 Å². The Bertz CT molecular complexity index is 531. The largest absolute Gasteiger partial charge is 0.375 e. The molecule has 1 aliphatic rings. The van der Waals surface area contributed by atoms with Crippen LogP contribution in [0.25, 0.3) is 0 Å². The monoisotopic (exact) mass is 494 g/mol. The van der Waals surface area contributed by atoms with Gasteiger partial charge < -0.3 is 15.0 Å². The first kappa shape index (κ1) is 23.6. The number of nitrogens with one attached hydrogen (secondary N) is 1. The Morgan fingerprint density at radius 3 is 2.81 bits per heavy atom. The Balaban J connectivity index is 0.00000338. The maximum absolute atomic E-state index is 5.33. The van der Waals surface area contributed by atoms with Gasteiger partial charge in [0.2, 0.25) is 0 Å². The van der Waals surface area contributed by atoms with E-state index in [-0.39, 0.29) is 30.1 Å². The minimum absolute atomic E-state index is 0. The first-order valence-electron chi connectivity index (χ1n) is 9.53. The molecule has 0 amide bonds. The molecule has 5 nitrogen and oxygen atoms in total. The Labute approximate surface area is 180 Å². The molecule has 0 radical (unpaired) electrons. The molecule has 1 aromatic heterocycles. The molecule has 1 saturated carbocycles. The molecule has 0 aromatic carbocycles. The van der Waals surface area contributed by atoms with E-state index in [1.807, 2.05) is 14.0 Å². The van der Waals surface area contributed by atoms with E-state index in [0.717, 1.165) is 35.7 Å². The van der Waals surface area contributed by atoms with Crippen LogP contribution in [-0.4, -0.2) is 43.6 Å². The van der Waals surface area contributed by atoms with Crippen LogP contribution in [0.1, 0.15) is 68.7 Å². The highest BCUT2D eigenvalue weighted by molar-refractivity contribution is 14.0. The van der Waals surface area contributed by atoms with Crippen LogP contribution < -0.4 is 5.32 Å². The fourth-order valence-electron chi connectivity index (χ4n) is 3.44. The van der Waals surface area contributed by atoms with Gasteiger partial charge >= 0.3 is 0 Å². The van der Waals surface area contributed by atoms with E-state index in [0.29, 0.717) is 0 Å². The minimum atomic E-state index is 0. The van der Waals surface area contributed by atoms with E-state index in [9.17, 15) is 0 Å². The van der Waals surface area contributed by atoms with Crippen molar-refractivity contribution in [2.24, 2.45) is 10.9 Å². The third-order valence-electron chi connectivity index (χ3n) is 5.04. The van der Waals surface area contributed by atoms with Crippen LogP contribution in [0.5, 0.6) is 0 Å². The molecule has 0 aliphatic heterocycles. The van der Waals surface area contributed by atoms with E-state index in [4.69, 9.17) is 4.74 Å². The number of unbranched alkanes of at least 4 members (excludes halogenated alkanes) is 1. The maximum atomic E-state index is 5.33. The minimum Gasteiger partial charge on any atom is -0.375 e. The number of methoxy groups -OCH3 is 1. The summed E-state index contributed by atoms with van der Waals surface area (Å²) < 4.78 is 5.33. The molecular weight excluding hydrogens is 459 g/mol. The maximum Gasteiger partial charge on any atom is 0.193 e. The van der Waals surface area contributed by atoms with Crippen molar-refractivity contribution in [2.75, 3.05) is 27.7 Å². The third-order valence-corrected chi connectivity index (χ3v) is 6.10. The number of nitrogens with zero attached hydrogens (tertiary/aromatic N) is 3. The number of hydrogen-bond donors (Lipinski definition) is 1. The summed E-state index contributed by atoms with van der Waals surface area (Å²) in [5, 5.41) is 6.62. The van der Waals surface area contributed by atoms with Crippen molar-refractivity contribution in [2.45, 2.75) is 64.5 Å². The Hall–Kier alpha value is -0.410. The van der Waals surface area contributed by atoms with Gasteiger partial charge in [0.15, 0.2) is 5.96 Å². The number of aromatic nitrogens is 1. The summed E-state index contributed by atoms with van der Waals surface area (Å²) in [5.41, 5.74) is 1.07. The smallest absolute Gasteiger partial charge is 0.193 e. The summed E-state index contributed by atoms with van der Waals surface area (Å²) in [7, 11) is 5.62. The molecule has 2 rings (SSSR count). The first-order valence-corrected chi connectivity index (χ1v) is 10.4. The average Bonchev–Trinajstić information content (AvgIpc) is 3.29. The summed E-state index contributed by atoms with van der Waals surface area (Å²) in [4.78, 5) is 11.2. The summed E-state index contributed by atoms with van der Waals surface area (Å²) >= 11 is 1.66. The molecule has 0 bridgehead atoms. The number of halogens is 1. The van der Waals surface area contributed by atoms with Crippen molar-refractivity contribution in [1.29, 1.82) is 0 Å².